The molecule has 0 spiro atoms. The molecule has 1 aromatic carbocycles. The van der Waals surface area contributed by atoms with Crippen molar-refractivity contribution in [1.29, 1.82) is 0 Å². The summed E-state index contributed by atoms with van der Waals surface area (Å²) in [6.07, 6.45) is 0. The molecule has 0 radical (unpaired) electrons. The van der Waals surface area contributed by atoms with Gasteiger partial charge in [0.2, 0.25) is 0 Å². The summed E-state index contributed by atoms with van der Waals surface area (Å²) < 4.78 is 5.35. The molecule has 14 heavy (non-hydrogen) atoms. The number of aliphatic hydroxyl groups excluding tert-OH is 1. The first-order valence-electron chi connectivity index (χ1n) is 4.94. The second-order valence-electron chi connectivity index (χ2n) is 4.52. The maximum Gasteiger partial charge on any atom is 0.0725 e. The average molecular weight is 192 g/mol. The zero-order valence-electron chi connectivity index (χ0n) is 8.71. The van der Waals surface area contributed by atoms with Gasteiger partial charge in [-0.05, 0) is 16.7 Å². The Morgan fingerprint density at radius 2 is 2.00 bits per heavy atom. The zero-order chi connectivity index (χ0) is 10.2. The molecule has 0 bridgehead atoms. The van der Waals surface area contributed by atoms with Crippen molar-refractivity contribution in [3.63, 3.8) is 0 Å². The van der Waals surface area contributed by atoms with Crippen LogP contribution in [0, 0.1) is 0 Å². The molecule has 0 unspecified atom stereocenters. The van der Waals surface area contributed by atoms with Crippen LogP contribution in [0.4, 0.5) is 0 Å². The monoisotopic (exact) mass is 192 g/mol. The molecule has 0 saturated heterocycles. The Bertz CT molecular complexity index is 342. The molecule has 1 heterocycles. The Balaban J connectivity index is 2.38. The zero-order valence-corrected chi connectivity index (χ0v) is 8.71. The van der Waals surface area contributed by atoms with E-state index in [0.29, 0.717) is 6.61 Å². The highest BCUT2D eigenvalue weighted by Gasteiger charge is 2.21. The van der Waals surface area contributed by atoms with Gasteiger partial charge in [-0.2, -0.15) is 0 Å². The van der Waals surface area contributed by atoms with Crippen LogP contribution in [0.15, 0.2) is 18.2 Å². The number of hydrogen-bond donors (Lipinski definition) is 1. The second kappa shape index (κ2) is 3.37. The molecule has 1 N–H and O–H groups in total. The summed E-state index contributed by atoms with van der Waals surface area (Å²) in [6, 6.07) is 6.34. The van der Waals surface area contributed by atoms with E-state index in [4.69, 9.17) is 4.74 Å². The van der Waals surface area contributed by atoms with Crippen LogP contribution in [-0.2, 0) is 23.4 Å². The number of hydrogen-bond acceptors (Lipinski definition) is 2. The summed E-state index contributed by atoms with van der Waals surface area (Å²) in [5.41, 5.74) is 3.58. The first-order chi connectivity index (χ1) is 6.63. The van der Waals surface area contributed by atoms with Crippen molar-refractivity contribution < 1.29 is 9.84 Å². The molecular weight excluding hydrogens is 176 g/mol. The highest BCUT2D eigenvalue weighted by Crippen LogP contribution is 2.27. The van der Waals surface area contributed by atoms with Gasteiger partial charge in [0.25, 0.3) is 0 Å². The van der Waals surface area contributed by atoms with Crippen molar-refractivity contribution >= 4 is 0 Å². The third-order valence-corrected chi connectivity index (χ3v) is 2.90. The predicted molar refractivity (Wildman–Crippen MR) is 55.0 cm³/mol. The highest BCUT2D eigenvalue weighted by molar-refractivity contribution is 5.36. The lowest BCUT2D eigenvalue weighted by Gasteiger charge is -2.22. The maximum absolute atomic E-state index is 9.26. The molecule has 0 saturated carbocycles. The molecule has 0 atom stereocenters. The molecule has 0 fully saturated rings. The van der Waals surface area contributed by atoms with Gasteiger partial charge in [-0.15, -0.1) is 0 Å². The van der Waals surface area contributed by atoms with Gasteiger partial charge >= 0.3 is 0 Å². The van der Waals surface area contributed by atoms with Crippen LogP contribution in [0.25, 0.3) is 0 Å². The summed E-state index contributed by atoms with van der Waals surface area (Å²) in [5.74, 6) is 0. The molecule has 0 amide bonds. The normalized spacial score (nSPS) is 15.6. The van der Waals surface area contributed by atoms with E-state index in [0.717, 1.165) is 6.61 Å². The molecule has 76 valence electrons. The van der Waals surface area contributed by atoms with E-state index in [1.54, 1.807) is 0 Å². The van der Waals surface area contributed by atoms with E-state index in [1.165, 1.54) is 16.7 Å². The van der Waals surface area contributed by atoms with E-state index in [-0.39, 0.29) is 12.0 Å². The van der Waals surface area contributed by atoms with Crippen LogP contribution in [0.2, 0.25) is 0 Å². The largest absolute Gasteiger partial charge is 0.395 e. The molecular formula is C12H16O2. The first kappa shape index (κ1) is 9.69. The Morgan fingerprint density at radius 3 is 2.71 bits per heavy atom. The summed E-state index contributed by atoms with van der Waals surface area (Å²) in [6.45, 7) is 5.71. The summed E-state index contributed by atoms with van der Waals surface area (Å²) in [7, 11) is 0. The SMILES string of the molecule is CC(C)(CO)c1ccc2c(c1)COC2. The predicted octanol–water partition coefficient (Wildman–Crippen LogP) is 1.99. The molecule has 1 aliphatic rings. The van der Waals surface area contributed by atoms with Crippen molar-refractivity contribution in [2.24, 2.45) is 0 Å². The molecule has 0 aliphatic carbocycles. The lowest BCUT2D eigenvalue weighted by molar-refractivity contribution is 0.134. The Hall–Kier alpha value is -0.860. The minimum atomic E-state index is -0.155. The molecule has 1 aromatic rings. The van der Waals surface area contributed by atoms with Gasteiger partial charge in [0.1, 0.15) is 0 Å². The summed E-state index contributed by atoms with van der Waals surface area (Å²) >= 11 is 0. The van der Waals surface area contributed by atoms with Crippen molar-refractivity contribution in [3.05, 3.63) is 34.9 Å². The lowest BCUT2D eigenvalue weighted by atomic mass is 9.84. The van der Waals surface area contributed by atoms with Crippen LogP contribution in [0.1, 0.15) is 30.5 Å². The molecule has 2 heteroatoms. The fourth-order valence-electron chi connectivity index (χ4n) is 1.68. The van der Waals surface area contributed by atoms with Crippen molar-refractivity contribution in [2.75, 3.05) is 6.61 Å². The first-order valence-corrected chi connectivity index (χ1v) is 4.94. The Kier molecular flexibility index (Phi) is 2.33. The van der Waals surface area contributed by atoms with Crippen molar-refractivity contribution in [3.8, 4) is 0 Å². The van der Waals surface area contributed by atoms with Gasteiger partial charge in [0.15, 0.2) is 0 Å². The van der Waals surface area contributed by atoms with Crippen molar-refractivity contribution in [2.45, 2.75) is 32.5 Å². The van der Waals surface area contributed by atoms with Crippen LogP contribution in [0.5, 0.6) is 0 Å². The van der Waals surface area contributed by atoms with Gasteiger partial charge in [0.05, 0.1) is 19.8 Å². The number of fused-ring (bicyclic) bond motifs is 1. The third-order valence-electron chi connectivity index (χ3n) is 2.90. The number of rotatable bonds is 2. The van der Waals surface area contributed by atoms with Gasteiger partial charge in [0, 0.05) is 5.41 Å². The lowest BCUT2D eigenvalue weighted by Crippen LogP contribution is -2.22. The minimum absolute atomic E-state index is 0.155. The van der Waals surface area contributed by atoms with E-state index in [2.05, 4.69) is 18.2 Å². The molecule has 0 aromatic heterocycles. The van der Waals surface area contributed by atoms with Crippen LogP contribution >= 0.6 is 0 Å². The van der Waals surface area contributed by atoms with Gasteiger partial charge in [-0.3, -0.25) is 0 Å². The average Bonchev–Trinajstić information content (AvgIpc) is 2.64. The van der Waals surface area contributed by atoms with Crippen LogP contribution in [0.3, 0.4) is 0 Å². The second-order valence-corrected chi connectivity index (χ2v) is 4.52. The van der Waals surface area contributed by atoms with Gasteiger partial charge in [-0.25, -0.2) is 0 Å². The summed E-state index contributed by atoms with van der Waals surface area (Å²) in [5, 5.41) is 9.26. The molecule has 1 aliphatic heterocycles. The van der Waals surface area contributed by atoms with Gasteiger partial charge in [-0.1, -0.05) is 32.0 Å². The number of ether oxygens (including phenoxy) is 1. The van der Waals surface area contributed by atoms with Crippen LogP contribution < -0.4 is 0 Å². The quantitative estimate of drug-likeness (QED) is 0.776. The minimum Gasteiger partial charge on any atom is -0.395 e. The standard InChI is InChI=1S/C12H16O2/c1-12(2,8-13)11-4-3-9-6-14-7-10(9)5-11/h3-5,13H,6-8H2,1-2H3. The summed E-state index contributed by atoms with van der Waals surface area (Å²) in [4.78, 5) is 0. The number of benzene rings is 1. The third kappa shape index (κ3) is 1.56. The van der Waals surface area contributed by atoms with Crippen molar-refractivity contribution in [1.82, 2.24) is 0 Å². The van der Waals surface area contributed by atoms with E-state index in [9.17, 15) is 5.11 Å². The Morgan fingerprint density at radius 1 is 1.29 bits per heavy atom. The van der Waals surface area contributed by atoms with Crippen LogP contribution in [-0.4, -0.2) is 11.7 Å². The highest BCUT2D eigenvalue weighted by atomic mass is 16.5. The molecule has 2 rings (SSSR count). The number of aliphatic hydroxyl groups is 1. The van der Waals surface area contributed by atoms with E-state index >= 15 is 0 Å². The van der Waals surface area contributed by atoms with E-state index < -0.39 is 0 Å². The Labute approximate surface area is 84.5 Å². The van der Waals surface area contributed by atoms with E-state index in [1.807, 2.05) is 13.8 Å². The van der Waals surface area contributed by atoms with Gasteiger partial charge < -0.3 is 9.84 Å². The molecule has 2 nitrogen and oxygen atoms in total. The smallest absolute Gasteiger partial charge is 0.0725 e. The topological polar surface area (TPSA) is 29.5 Å². The fraction of sp³-hybridized carbons (Fsp3) is 0.500. The fourth-order valence-corrected chi connectivity index (χ4v) is 1.68. The maximum atomic E-state index is 9.26.